The molecule has 9 nitrogen and oxygen atoms in total. The fourth-order valence-electron chi connectivity index (χ4n) is 11.9. The number of hydrogen-bond donors (Lipinski definition) is 1. The highest BCUT2D eigenvalue weighted by Crippen LogP contribution is 2.38. The van der Waals surface area contributed by atoms with Gasteiger partial charge in [-0.25, -0.2) is 0 Å². The van der Waals surface area contributed by atoms with E-state index >= 15 is 0 Å². The van der Waals surface area contributed by atoms with Crippen LogP contribution in [0.1, 0.15) is 393 Å². The van der Waals surface area contributed by atoms with Gasteiger partial charge in [0.1, 0.15) is 19.3 Å². The first-order valence-corrected chi connectivity index (χ1v) is 41.7. The molecule has 3 atom stereocenters. The van der Waals surface area contributed by atoms with E-state index in [-0.39, 0.29) is 31.5 Å². The van der Waals surface area contributed by atoms with Crippen molar-refractivity contribution in [1.82, 2.24) is 5.32 Å². The number of carbonyl (C=O) groups excluding carboxylic acids is 2. The largest absolute Gasteiger partial charge is 0.756 e. The number of esters is 1. The van der Waals surface area contributed by atoms with E-state index in [2.05, 4.69) is 86.8 Å². The summed E-state index contributed by atoms with van der Waals surface area (Å²) in [5.41, 5.74) is 0. The van der Waals surface area contributed by atoms with Gasteiger partial charge in [-0.1, -0.05) is 351 Å². The van der Waals surface area contributed by atoms with Crippen molar-refractivity contribution < 1.29 is 37.3 Å². The number of likely N-dealkylation sites (N-methyl/N-ethyl adjacent to an activating group) is 1. The van der Waals surface area contributed by atoms with Crippen molar-refractivity contribution in [2.45, 2.75) is 405 Å². The molecule has 0 spiro atoms. The molecule has 0 radical (unpaired) electrons. The highest BCUT2D eigenvalue weighted by molar-refractivity contribution is 7.45. The zero-order chi connectivity index (χ0) is 67.8. The van der Waals surface area contributed by atoms with Crippen molar-refractivity contribution in [3.05, 3.63) is 72.9 Å². The molecule has 0 rings (SSSR count). The van der Waals surface area contributed by atoms with Crippen molar-refractivity contribution in [2.24, 2.45) is 0 Å². The number of nitrogens with one attached hydrogen (secondary N) is 1. The van der Waals surface area contributed by atoms with E-state index in [1.165, 1.54) is 283 Å². The van der Waals surface area contributed by atoms with Gasteiger partial charge in [0.05, 0.1) is 33.8 Å². The molecular weight excluding hydrogens is 1170 g/mol. The molecule has 0 saturated heterocycles. The molecule has 0 aliphatic rings. The van der Waals surface area contributed by atoms with Crippen molar-refractivity contribution >= 4 is 19.7 Å². The maximum Gasteiger partial charge on any atom is 0.306 e. The molecule has 93 heavy (non-hydrogen) atoms. The first-order chi connectivity index (χ1) is 45.4. The Kier molecular flexibility index (Phi) is 70.2. The lowest BCUT2D eigenvalue weighted by molar-refractivity contribution is -0.870. The van der Waals surface area contributed by atoms with Gasteiger partial charge in [-0.3, -0.25) is 14.2 Å². The molecule has 0 fully saturated rings. The lowest BCUT2D eigenvalue weighted by Crippen LogP contribution is -2.47. The van der Waals surface area contributed by atoms with E-state index in [1.54, 1.807) is 0 Å². The van der Waals surface area contributed by atoms with Gasteiger partial charge < -0.3 is 28.5 Å². The maximum atomic E-state index is 13.7. The maximum absolute atomic E-state index is 13.7. The van der Waals surface area contributed by atoms with Gasteiger partial charge in [0.15, 0.2) is 0 Å². The Hall–Kier alpha value is -2.55. The molecule has 10 heteroatoms. The Morgan fingerprint density at radius 3 is 1.00 bits per heavy atom. The number of quaternary nitrogens is 1. The highest BCUT2D eigenvalue weighted by atomic mass is 31.2. The summed E-state index contributed by atoms with van der Waals surface area (Å²) in [7, 11) is 1.20. The molecule has 0 aromatic heterocycles. The zero-order valence-electron chi connectivity index (χ0n) is 62.5. The number of allylic oxidation sites excluding steroid dienone is 11. The van der Waals surface area contributed by atoms with Crippen LogP contribution in [0.15, 0.2) is 72.9 Å². The molecule has 0 aromatic carbocycles. The Morgan fingerprint density at radius 1 is 0.376 bits per heavy atom. The van der Waals surface area contributed by atoms with Crippen LogP contribution in [0, 0.1) is 0 Å². The fraction of sp³-hybridized carbons (Fsp3) is 0.831. The average Bonchev–Trinajstić information content (AvgIpc) is 2.31. The Balaban J connectivity index is 4.93. The van der Waals surface area contributed by atoms with Gasteiger partial charge in [-0.2, -0.15) is 0 Å². The van der Waals surface area contributed by atoms with Crippen molar-refractivity contribution in [3.8, 4) is 0 Å². The second kappa shape index (κ2) is 72.2. The number of ether oxygens (including phenoxy) is 1. The molecular formula is C83H155N2O7P. The minimum Gasteiger partial charge on any atom is -0.756 e. The van der Waals surface area contributed by atoms with Crippen LogP contribution in [-0.2, 0) is 27.9 Å². The monoisotopic (exact) mass is 1320 g/mol. The molecule has 0 saturated carbocycles. The summed E-state index contributed by atoms with van der Waals surface area (Å²) in [6.07, 6.45) is 96.2. The van der Waals surface area contributed by atoms with Crippen molar-refractivity contribution in [2.75, 3.05) is 40.9 Å². The van der Waals surface area contributed by atoms with Crippen molar-refractivity contribution in [3.63, 3.8) is 0 Å². The van der Waals surface area contributed by atoms with Crippen LogP contribution in [0.5, 0.6) is 0 Å². The third kappa shape index (κ3) is 73.5. The van der Waals surface area contributed by atoms with Gasteiger partial charge in [0.2, 0.25) is 5.91 Å². The van der Waals surface area contributed by atoms with Crippen LogP contribution in [0.4, 0.5) is 0 Å². The molecule has 0 aliphatic carbocycles. The summed E-state index contributed by atoms with van der Waals surface area (Å²) in [6.45, 7) is 6.85. The summed E-state index contributed by atoms with van der Waals surface area (Å²) in [6, 6.07) is -0.891. The number of amides is 1. The van der Waals surface area contributed by atoms with E-state index in [0.29, 0.717) is 17.4 Å². The quantitative estimate of drug-likeness (QED) is 0.0212. The van der Waals surface area contributed by atoms with Crippen LogP contribution in [0.2, 0.25) is 0 Å². The molecule has 1 N–H and O–H groups in total. The molecule has 1 amide bonds. The summed E-state index contributed by atoms with van der Waals surface area (Å²) < 4.78 is 30.6. The topological polar surface area (TPSA) is 114 Å². The van der Waals surface area contributed by atoms with Crippen LogP contribution in [0.25, 0.3) is 0 Å². The minimum atomic E-state index is -4.71. The van der Waals surface area contributed by atoms with E-state index in [9.17, 15) is 19.0 Å². The summed E-state index contributed by atoms with van der Waals surface area (Å²) >= 11 is 0. The number of unbranched alkanes of at least 4 members (excludes halogenated alkanes) is 48. The Labute approximate surface area is 578 Å². The molecule has 0 heterocycles. The normalized spacial score (nSPS) is 13.8. The standard InChI is InChI=1S/C83H155N2O7P/c1-7-10-13-16-19-22-25-28-30-32-34-36-38-40-42-44-46-48-50-52-54-57-60-63-66-69-72-75-82(86)84-80(79-91-93(88,89)90-78-77-85(4,5)6)81(74-71-68-65-62-59-56-27-24-21-18-15-12-9-3)92-83(87)76-73-70-67-64-61-58-55-53-51-49-47-45-43-41-39-37-35-33-31-29-26-23-20-17-14-11-8-2/h19-20,22-23,28-31,34,36,71,74,80-81H,7-18,21,24-27,32-33,35,37-70,72-73,75-79H2,1-6H3,(H-,84,86,88,89)/b22-19-,23-20-,30-28-,31-29-,36-34-,74-71+. The highest BCUT2D eigenvalue weighted by Gasteiger charge is 2.27. The summed E-state index contributed by atoms with van der Waals surface area (Å²) in [4.78, 5) is 40.4. The molecule has 0 aromatic rings. The smallest absolute Gasteiger partial charge is 0.306 e. The lowest BCUT2D eigenvalue weighted by atomic mass is 10.0. The van der Waals surface area contributed by atoms with E-state index in [4.69, 9.17) is 13.8 Å². The number of nitrogens with zero attached hydrogens (tertiary/aromatic N) is 1. The third-order valence-corrected chi connectivity index (χ3v) is 19.1. The predicted molar refractivity (Wildman–Crippen MR) is 404 cm³/mol. The van der Waals surface area contributed by atoms with E-state index in [0.717, 1.165) is 77.0 Å². The van der Waals surface area contributed by atoms with Crippen LogP contribution < -0.4 is 10.2 Å². The first kappa shape index (κ1) is 90.5. The van der Waals surface area contributed by atoms with Crippen LogP contribution >= 0.6 is 7.82 Å². The molecule has 3 unspecified atom stereocenters. The first-order valence-electron chi connectivity index (χ1n) is 40.2. The second-order valence-corrected chi connectivity index (χ2v) is 30.0. The van der Waals surface area contributed by atoms with Crippen LogP contribution in [-0.4, -0.2) is 69.4 Å². The average molecular weight is 1320 g/mol. The second-order valence-electron chi connectivity index (χ2n) is 28.6. The van der Waals surface area contributed by atoms with Gasteiger partial charge >= 0.3 is 5.97 Å². The number of carbonyl (C=O) groups is 2. The number of hydrogen-bond acceptors (Lipinski definition) is 7. The lowest BCUT2D eigenvalue weighted by Gasteiger charge is -2.30. The van der Waals surface area contributed by atoms with Crippen molar-refractivity contribution in [1.29, 1.82) is 0 Å². The minimum absolute atomic E-state index is 0.0219. The van der Waals surface area contributed by atoms with E-state index in [1.807, 2.05) is 33.3 Å². The number of phosphoric ester groups is 1. The third-order valence-electron chi connectivity index (χ3n) is 18.1. The van der Waals surface area contributed by atoms with Gasteiger partial charge in [0.25, 0.3) is 7.82 Å². The molecule has 0 aliphatic heterocycles. The molecule has 0 bridgehead atoms. The van der Waals surface area contributed by atoms with Gasteiger partial charge in [-0.05, 0) is 102 Å². The Morgan fingerprint density at radius 2 is 0.656 bits per heavy atom. The van der Waals surface area contributed by atoms with Crippen LogP contribution in [0.3, 0.4) is 0 Å². The predicted octanol–water partition coefficient (Wildman–Crippen LogP) is 25.6. The summed E-state index contributed by atoms with van der Waals surface area (Å²) in [5, 5.41) is 3.06. The zero-order valence-corrected chi connectivity index (χ0v) is 63.4. The SMILES string of the molecule is CCCCC/C=C\C/C=C\C/C=C\CCCCCCCCCCCCCCCCC(=O)NC(COP(=O)([O-])OCC[N+](C)(C)C)C(/C=C/CCCCCCCCCCCCC)OC(=O)CCCCCCCCCCCCCCCCCCC/C=C\C/C=C\CCCCC. The molecule has 544 valence electrons. The number of rotatable bonds is 74. The van der Waals surface area contributed by atoms with Gasteiger partial charge in [0, 0.05) is 12.8 Å². The van der Waals surface area contributed by atoms with Gasteiger partial charge in [-0.15, -0.1) is 0 Å². The fourth-order valence-corrected chi connectivity index (χ4v) is 12.6. The number of phosphoric acid groups is 1. The van der Waals surface area contributed by atoms with E-state index < -0.39 is 20.0 Å². The summed E-state index contributed by atoms with van der Waals surface area (Å²) in [5.74, 6) is -0.524. The Bertz CT molecular complexity index is 1820.